The lowest BCUT2D eigenvalue weighted by molar-refractivity contribution is -0.133. The van der Waals surface area contributed by atoms with Gasteiger partial charge in [0.05, 0.1) is 12.0 Å². The fourth-order valence-electron chi connectivity index (χ4n) is 2.21. The highest BCUT2D eigenvalue weighted by Crippen LogP contribution is 2.22. The van der Waals surface area contributed by atoms with E-state index in [1.54, 1.807) is 0 Å². The number of carbonyl (C=O) groups is 1. The molecule has 0 bridgehead atoms. The molecule has 1 fully saturated rings. The minimum absolute atomic E-state index is 0.0251. The average molecular weight is 229 g/mol. The summed E-state index contributed by atoms with van der Waals surface area (Å²) >= 11 is 0. The van der Waals surface area contributed by atoms with Crippen molar-refractivity contribution in [1.82, 2.24) is 5.32 Å². The Bertz CT molecular complexity index is 232. The van der Waals surface area contributed by atoms with Gasteiger partial charge in [-0.2, -0.15) is 0 Å². The van der Waals surface area contributed by atoms with Gasteiger partial charge in [0, 0.05) is 12.6 Å². The molecule has 4 unspecified atom stereocenters. The first-order chi connectivity index (χ1) is 7.54. The van der Waals surface area contributed by atoms with Crippen LogP contribution in [0, 0.1) is 11.8 Å². The zero-order valence-electron chi connectivity index (χ0n) is 10.1. The van der Waals surface area contributed by atoms with E-state index < -0.39 is 6.10 Å². The van der Waals surface area contributed by atoms with Crippen LogP contribution >= 0.6 is 0 Å². The topological polar surface area (TPSA) is 69.6 Å². The lowest BCUT2D eigenvalue weighted by atomic mass is 9.86. The van der Waals surface area contributed by atoms with E-state index in [2.05, 4.69) is 5.32 Å². The minimum atomic E-state index is -0.506. The molecule has 1 heterocycles. The van der Waals surface area contributed by atoms with Gasteiger partial charge in [-0.15, -0.1) is 0 Å². The fraction of sp³-hybridized carbons (Fsp3) is 0.917. The van der Waals surface area contributed by atoms with E-state index in [1.165, 1.54) is 0 Å². The maximum atomic E-state index is 11.6. The monoisotopic (exact) mass is 229 g/mol. The molecule has 94 valence electrons. The molecule has 4 nitrogen and oxygen atoms in total. The zero-order chi connectivity index (χ0) is 12.1. The van der Waals surface area contributed by atoms with Crippen molar-refractivity contribution in [3.05, 3.63) is 0 Å². The second-order valence-corrected chi connectivity index (χ2v) is 5.04. The summed E-state index contributed by atoms with van der Waals surface area (Å²) in [7, 11) is 0. The maximum absolute atomic E-state index is 11.6. The van der Waals surface area contributed by atoms with Crippen molar-refractivity contribution in [3.63, 3.8) is 0 Å². The lowest BCUT2D eigenvalue weighted by Crippen LogP contribution is -2.49. The van der Waals surface area contributed by atoms with Gasteiger partial charge in [0.25, 0.3) is 0 Å². The van der Waals surface area contributed by atoms with Gasteiger partial charge in [-0.1, -0.05) is 13.3 Å². The first kappa shape index (κ1) is 13.5. The van der Waals surface area contributed by atoms with E-state index in [-0.39, 0.29) is 30.4 Å². The van der Waals surface area contributed by atoms with E-state index in [1.807, 2.05) is 13.8 Å². The molecular weight excluding hydrogens is 206 g/mol. The molecule has 1 rings (SSSR count). The molecule has 1 aliphatic rings. The van der Waals surface area contributed by atoms with Gasteiger partial charge < -0.3 is 15.5 Å². The molecule has 0 aliphatic carbocycles. The van der Waals surface area contributed by atoms with Crippen LogP contribution in [0.3, 0.4) is 0 Å². The number of aliphatic hydroxyl groups is 2. The van der Waals surface area contributed by atoms with Crippen LogP contribution in [0.25, 0.3) is 0 Å². The van der Waals surface area contributed by atoms with Crippen LogP contribution in [-0.4, -0.2) is 34.9 Å². The van der Waals surface area contributed by atoms with Crippen LogP contribution in [0.1, 0.15) is 39.5 Å². The van der Waals surface area contributed by atoms with Gasteiger partial charge in [0.1, 0.15) is 0 Å². The fourth-order valence-corrected chi connectivity index (χ4v) is 2.21. The number of aliphatic hydroxyl groups excluding tert-OH is 2. The Morgan fingerprint density at radius 3 is 2.81 bits per heavy atom. The third-order valence-electron chi connectivity index (χ3n) is 3.31. The van der Waals surface area contributed by atoms with Crippen LogP contribution < -0.4 is 5.32 Å². The van der Waals surface area contributed by atoms with Crippen molar-refractivity contribution in [3.8, 4) is 0 Å². The highest BCUT2D eigenvalue weighted by atomic mass is 16.3. The second-order valence-electron chi connectivity index (χ2n) is 5.04. The maximum Gasteiger partial charge on any atom is 0.225 e. The largest absolute Gasteiger partial charge is 0.396 e. The van der Waals surface area contributed by atoms with E-state index in [4.69, 9.17) is 5.11 Å². The molecule has 0 saturated carbocycles. The normalized spacial score (nSPS) is 32.2. The highest BCUT2D eigenvalue weighted by molar-refractivity contribution is 5.80. The quantitative estimate of drug-likeness (QED) is 0.649. The van der Waals surface area contributed by atoms with Crippen LogP contribution in [0.2, 0.25) is 0 Å². The molecule has 3 N–H and O–H groups in total. The summed E-state index contributed by atoms with van der Waals surface area (Å²) in [5.41, 5.74) is 0. The predicted octanol–water partition coefficient (Wildman–Crippen LogP) is 0.671. The summed E-state index contributed by atoms with van der Waals surface area (Å²) in [5.74, 6) is -0.00675. The van der Waals surface area contributed by atoms with Gasteiger partial charge in [0.2, 0.25) is 5.91 Å². The van der Waals surface area contributed by atoms with Gasteiger partial charge in [-0.25, -0.2) is 0 Å². The summed E-state index contributed by atoms with van der Waals surface area (Å²) in [6.45, 7) is 4.08. The number of piperidine rings is 1. The first-order valence-electron chi connectivity index (χ1n) is 6.14. The number of nitrogens with one attached hydrogen (secondary N) is 1. The van der Waals surface area contributed by atoms with Gasteiger partial charge >= 0.3 is 0 Å². The molecule has 4 heteroatoms. The molecule has 1 amide bonds. The SMILES string of the molecule is CC(CO)CCCC1C(=O)NC(C)CC1O. The summed E-state index contributed by atoms with van der Waals surface area (Å²) in [6.07, 6.45) is 2.64. The Balaban J connectivity index is 2.32. The lowest BCUT2D eigenvalue weighted by Gasteiger charge is -2.31. The minimum Gasteiger partial charge on any atom is -0.396 e. The number of amides is 1. The third kappa shape index (κ3) is 3.76. The van der Waals surface area contributed by atoms with Crippen molar-refractivity contribution in [1.29, 1.82) is 0 Å². The molecule has 1 aliphatic heterocycles. The van der Waals surface area contributed by atoms with Crippen LogP contribution in [-0.2, 0) is 4.79 Å². The number of hydrogen-bond donors (Lipinski definition) is 3. The Morgan fingerprint density at radius 1 is 1.56 bits per heavy atom. The molecule has 0 aromatic carbocycles. The van der Waals surface area contributed by atoms with Crippen LogP contribution in [0.4, 0.5) is 0 Å². The van der Waals surface area contributed by atoms with E-state index in [0.717, 1.165) is 12.8 Å². The van der Waals surface area contributed by atoms with E-state index >= 15 is 0 Å². The number of rotatable bonds is 5. The molecule has 4 atom stereocenters. The van der Waals surface area contributed by atoms with Crippen molar-refractivity contribution >= 4 is 5.91 Å². The Kier molecular flexibility index (Phi) is 5.22. The highest BCUT2D eigenvalue weighted by Gasteiger charge is 2.32. The third-order valence-corrected chi connectivity index (χ3v) is 3.31. The van der Waals surface area contributed by atoms with Crippen molar-refractivity contribution < 1.29 is 15.0 Å². The number of hydrogen-bond acceptors (Lipinski definition) is 3. The Labute approximate surface area is 97.0 Å². The number of carbonyl (C=O) groups excluding carboxylic acids is 1. The summed E-state index contributed by atoms with van der Waals surface area (Å²) < 4.78 is 0. The average Bonchev–Trinajstić information content (AvgIpc) is 2.21. The molecule has 0 spiro atoms. The zero-order valence-corrected chi connectivity index (χ0v) is 10.1. The van der Waals surface area contributed by atoms with E-state index in [0.29, 0.717) is 12.8 Å². The summed E-state index contributed by atoms with van der Waals surface area (Å²) in [4.78, 5) is 11.6. The molecule has 1 saturated heterocycles. The molecule has 0 radical (unpaired) electrons. The van der Waals surface area contributed by atoms with Crippen LogP contribution in [0.15, 0.2) is 0 Å². The Hall–Kier alpha value is -0.610. The molecule has 16 heavy (non-hydrogen) atoms. The van der Waals surface area contributed by atoms with Gasteiger partial charge in [-0.3, -0.25) is 4.79 Å². The summed E-state index contributed by atoms with van der Waals surface area (Å²) in [5, 5.41) is 21.6. The van der Waals surface area contributed by atoms with Gasteiger partial charge in [-0.05, 0) is 32.1 Å². The van der Waals surface area contributed by atoms with Crippen LogP contribution in [0.5, 0.6) is 0 Å². The van der Waals surface area contributed by atoms with Crippen molar-refractivity contribution in [2.45, 2.75) is 51.7 Å². The van der Waals surface area contributed by atoms with Crippen molar-refractivity contribution in [2.24, 2.45) is 11.8 Å². The second kappa shape index (κ2) is 6.21. The van der Waals surface area contributed by atoms with Gasteiger partial charge in [0.15, 0.2) is 0 Å². The molecule has 0 aromatic heterocycles. The summed E-state index contributed by atoms with van der Waals surface area (Å²) in [6, 6.07) is 0.0788. The first-order valence-corrected chi connectivity index (χ1v) is 6.14. The predicted molar refractivity (Wildman–Crippen MR) is 61.8 cm³/mol. The molecule has 0 aromatic rings. The Morgan fingerprint density at radius 2 is 2.25 bits per heavy atom. The smallest absolute Gasteiger partial charge is 0.225 e. The standard InChI is InChI=1S/C12H23NO3/c1-8(7-14)4-3-5-10-11(15)6-9(2)13-12(10)16/h8-11,14-15H,3-7H2,1-2H3,(H,13,16). The van der Waals surface area contributed by atoms with Crippen molar-refractivity contribution in [2.75, 3.05) is 6.61 Å². The molecular formula is C12H23NO3. The van der Waals surface area contributed by atoms with E-state index in [9.17, 15) is 9.90 Å².